The third kappa shape index (κ3) is 2.45. The molecule has 1 atom stereocenters. The fraction of sp³-hybridized carbons (Fsp3) is 0.300. The number of halogens is 1. The highest BCUT2D eigenvalue weighted by Crippen LogP contribution is 2.21. The Balaban J connectivity index is 2.80. The fourth-order valence-electron chi connectivity index (χ4n) is 1.09. The van der Waals surface area contributed by atoms with Crippen molar-refractivity contribution in [1.82, 2.24) is 0 Å². The van der Waals surface area contributed by atoms with Crippen LogP contribution in [0.4, 0.5) is 0 Å². The predicted octanol–water partition coefficient (Wildman–Crippen LogP) is 3.14. The van der Waals surface area contributed by atoms with E-state index in [-0.39, 0.29) is 0 Å². The molecule has 0 fully saturated rings. The lowest BCUT2D eigenvalue weighted by Crippen LogP contribution is -1.93. The average molecular weight is 227 g/mol. The maximum Gasteiger partial charge on any atom is 0.120 e. The fourth-order valence-corrected chi connectivity index (χ4v) is 1.51. The van der Waals surface area contributed by atoms with Gasteiger partial charge in [-0.3, -0.25) is 0 Å². The van der Waals surface area contributed by atoms with E-state index in [1.165, 1.54) is 5.56 Å². The van der Waals surface area contributed by atoms with Gasteiger partial charge in [-0.2, -0.15) is 0 Å². The van der Waals surface area contributed by atoms with Crippen LogP contribution < -0.4 is 0 Å². The zero-order chi connectivity index (χ0) is 8.97. The minimum Gasteiger partial charge on any atom is -0.303 e. The highest BCUT2D eigenvalue weighted by atomic mass is 79.9. The molecule has 0 spiro atoms. The first-order valence-electron chi connectivity index (χ1n) is 3.93. The van der Waals surface area contributed by atoms with Gasteiger partial charge in [-0.1, -0.05) is 35.0 Å². The molecule has 0 amide bonds. The maximum absolute atomic E-state index is 10.3. The molecule has 0 aliphatic heterocycles. The third-order valence-electron chi connectivity index (χ3n) is 1.87. The van der Waals surface area contributed by atoms with Crippen LogP contribution in [0.1, 0.15) is 24.8 Å². The Kier molecular flexibility index (Phi) is 3.48. The second kappa shape index (κ2) is 4.41. The largest absolute Gasteiger partial charge is 0.303 e. The lowest BCUT2D eigenvalue weighted by molar-refractivity contribution is -0.108. The van der Waals surface area contributed by atoms with Crippen LogP contribution in [0.5, 0.6) is 0 Å². The summed E-state index contributed by atoms with van der Waals surface area (Å²) in [4.78, 5) is 10.3. The zero-order valence-electron chi connectivity index (χ0n) is 6.96. The molecule has 0 aromatic heterocycles. The number of carbonyl (C=O) groups excluding carboxylic acids is 1. The van der Waals surface area contributed by atoms with Crippen molar-refractivity contribution in [1.29, 1.82) is 0 Å². The molecule has 0 saturated carbocycles. The van der Waals surface area contributed by atoms with Gasteiger partial charge in [0.1, 0.15) is 6.29 Å². The molecule has 64 valence electrons. The summed E-state index contributed by atoms with van der Waals surface area (Å²) >= 11 is 3.39. The smallest absolute Gasteiger partial charge is 0.120 e. The van der Waals surface area contributed by atoms with Crippen LogP contribution in [0.2, 0.25) is 0 Å². The van der Waals surface area contributed by atoms with Crippen LogP contribution in [0.25, 0.3) is 0 Å². The van der Waals surface area contributed by atoms with Gasteiger partial charge in [0.2, 0.25) is 0 Å². The highest BCUT2D eigenvalue weighted by molar-refractivity contribution is 9.10. The van der Waals surface area contributed by atoms with Crippen LogP contribution in [0.15, 0.2) is 28.7 Å². The molecular weight excluding hydrogens is 216 g/mol. The summed E-state index contributed by atoms with van der Waals surface area (Å²) in [6.07, 6.45) is 1.56. The molecule has 0 aliphatic carbocycles. The predicted molar refractivity (Wildman–Crippen MR) is 53.2 cm³/mol. The summed E-state index contributed by atoms with van der Waals surface area (Å²) in [7, 11) is 0. The molecule has 0 saturated heterocycles. The number of rotatable bonds is 3. The molecule has 0 N–H and O–H groups in total. The number of benzene rings is 1. The van der Waals surface area contributed by atoms with Crippen molar-refractivity contribution < 1.29 is 4.79 Å². The van der Waals surface area contributed by atoms with E-state index in [0.717, 1.165) is 10.8 Å². The van der Waals surface area contributed by atoms with E-state index >= 15 is 0 Å². The van der Waals surface area contributed by atoms with E-state index in [1.54, 1.807) is 0 Å². The second-order valence-corrected chi connectivity index (χ2v) is 3.77. The van der Waals surface area contributed by atoms with E-state index < -0.39 is 0 Å². The molecule has 0 heterocycles. The number of hydrogen-bond donors (Lipinski definition) is 0. The topological polar surface area (TPSA) is 17.1 Å². The van der Waals surface area contributed by atoms with Gasteiger partial charge in [-0.15, -0.1) is 0 Å². The van der Waals surface area contributed by atoms with Gasteiger partial charge in [0.25, 0.3) is 0 Å². The maximum atomic E-state index is 10.3. The van der Waals surface area contributed by atoms with Crippen LogP contribution in [0, 0.1) is 0 Å². The zero-order valence-corrected chi connectivity index (χ0v) is 8.54. The summed E-state index contributed by atoms with van der Waals surface area (Å²) in [5, 5.41) is 0. The quantitative estimate of drug-likeness (QED) is 0.725. The molecule has 2 heteroatoms. The van der Waals surface area contributed by atoms with Gasteiger partial charge in [0.05, 0.1) is 0 Å². The Morgan fingerprint density at radius 3 is 2.92 bits per heavy atom. The Morgan fingerprint density at radius 2 is 2.33 bits per heavy atom. The van der Waals surface area contributed by atoms with Gasteiger partial charge >= 0.3 is 0 Å². The summed E-state index contributed by atoms with van der Waals surface area (Å²) in [5.74, 6) is 0.319. The minimum atomic E-state index is 0.319. The lowest BCUT2D eigenvalue weighted by atomic mass is 9.99. The van der Waals surface area contributed by atoms with Crippen LogP contribution in [-0.2, 0) is 4.79 Å². The molecule has 1 aromatic rings. The van der Waals surface area contributed by atoms with Crippen molar-refractivity contribution >= 4 is 22.2 Å². The summed E-state index contributed by atoms with van der Waals surface area (Å²) in [5.41, 5.74) is 1.21. The second-order valence-electron chi connectivity index (χ2n) is 2.86. The highest BCUT2D eigenvalue weighted by Gasteiger charge is 2.03. The molecule has 1 rings (SSSR count). The first-order chi connectivity index (χ1) is 5.74. The van der Waals surface area contributed by atoms with Crippen molar-refractivity contribution in [2.24, 2.45) is 0 Å². The first kappa shape index (κ1) is 9.46. The SMILES string of the molecule is C[C@@H](CC=O)c1cccc(Br)c1. The normalized spacial score (nSPS) is 12.5. The van der Waals surface area contributed by atoms with Gasteiger partial charge in [-0.05, 0) is 23.6 Å². The molecule has 0 radical (unpaired) electrons. The van der Waals surface area contributed by atoms with E-state index in [4.69, 9.17) is 0 Å². The molecule has 12 heavy (non-hydrogen) atoms. The lowest BCUT2D eigenvalue weighted by Gasteiger charge is -2.07. The van der Waals surface area contributed by atoms with Gasteiger partial charge < -0.3 is 4.79 Å². The van der Waals surface area contributed by atoms with Gasteiger partial charge in [-0.25, -0.2) is 0 Å². The number of hydrogen-bond acceptors (Lipinski definition) is 1. The Labute approximate surface area is 80.9 Å². The van der Waals surface area contributed by atoms with Crippen molar-refractivity contribution in [3.05, 3.63) is 34.3 Å². The molecule has 0 aliphatic rings. The average Bonchev–Trinajstić information content (AvgIpc) is 2.05. The van der Waals surface area contributed by atoms with Gasteiger partial charge in [0.15, 0.2) is 0 Å². The standard InChI is InChI=1S/C10H11BrO/c1-8(5-6-12)9-3-2-4-10(11)7-9/h2-4,6-8H,5H2,1H3/t8-/m0/s1. The molecule has 0 unspecified atom stereocenters. The molecular formula is C10H11BrO. The molecule has 0 bridgehead atoms. The van der Waals surface area contributed by atoms with Crippen LogP contribution in [0.3, 0.4) is 0 Å². The van der Waals surface area contributed by atoms with Gasteiger partial charge in [0, 0.05) is 10.9 Å². The Hall–Kier alpha value is -0.630. The molecule has 1 nitrogen and oxygen atoms in total. The summed E-state index contributed by atoms with van der Waals surface area (Å²) in [6.45, 7) is 2.05. The van der Waals surface area contributed by atoms with Crippen molar-refractivity contribution in [2.75, 3.05) is 0 Å². The van der Waals surface area contributed by atoms with E-state index in [0.29, 0.717) is 12.3 Å². The van der Waals surface area contributed by atoms with Crippen LogP contribution in [-0.4, -0.2) is 6.29 Å². The first-order valence-corrected chi connectivity index (χ1v) is 4.72. The summed E-state index contributed by atoms with van der Waals surface area (Å²) in [6, 6.07) is 8.06. The van der Waals surface area contributed by atoms with Crippen LogP contribution >= 0.6 is 15.9 Å². The van der Waals surface area contributed by atoms with Crippen molar-refractivity contribution in [3.8, 4) is 0 Å². The Morgan fingerprint density at radius 1 is 1.58 bits per heavy atom. The van der Waals surface area contributed by atoms with Crippen molar-refractivity contribution in [2.45, 2.75) is 19.3 Å². The third-order valence-corrected chi connectivity index (χ3v) is 2.36. The number of aldehydes is 1. The van der Waals surface area contributed by atoms with Crippen molar-refractivity contribution in [3.63, 3.8) is 0 Å². The number of carbonyl (C=O) groups is 1. The summed E-state index contributed by atoms with van der Waals surface area (Å²) < 4.78 is 1.07. The molecule has 1 aromatic carbocycles. The van der Waals surface area contributed by atoms with E-state index in [9.17, 15) is 4.79 Å². The monoisotopic (exact) mass is 226 g/mol. The van der Waals surface area contributed by atoms with E-state index in [1.807, 2.05) is 24.3 Å². The minimum absolute atomic E-state index is 0.319. The Bertz CT molecular complexity index is 270. The van der Waals surface area contributed by atoms with E-state index in [2.05, 4.69) is 22.9 Å².